The first-order valence-electron chi connectivity index (χ1n) is 4.44. The number of nitrogens with one attached hydrogen (secondary N) is 1. The molecule has 0 amide bonds. The Kier molecular flexibility index (Phi) is 8.52. The van der Waals surface area contributed by atoms with E-state index in [9.17, 15) is 0 Å². The van der Waals surface area contributed by atoms with Crippen molar-refractivity contribution in [3.63, 3.8) is 0 Å². The molecular formula is C11H16N2OS. The van der Waals surface area contributed by atoms with Crippen LogP contribution in [-0.2, 0) is 0 Å². The molecule has 0 spiro atoms. The molecule has 0 bridgehead atoms. The highest BCUT2D eigenvalue weighted by Crippen LogP contribution is 2.06. The van der Waals surface area contributed by atoms with Gasteiger partial charge in [0.05, 0.1) is 6.54 Å². The average Bonchev–Trinajstić information content (AvgIpc) is 2.25. The fourth-order valence-electron chi connectivity index (χ4n) is 0.832. The second kappa shape index (κ2) is 9.30. The lowest BCUT2D eigenvalue weighted by molar-refractivity contribution is 0.214. The van der Waals surface area contributed by atoms with Gasteiger partial charge in [-0.2, -0.15) is 12.6 Å². The lowest BCUT2D eigenvalue weighted by Gasteiger charge is -2.00. The zero-order chi connectivity index (χ0) is 11.5. The van der Waals surface area contributed by atoms with Crippen LogP contribution in [0, 0.1) is 0 Å². The monoisotopic (exact) mass is 224 g/mol. The van der Waals surface area contributed by atoms with Crippen molar-refractivity contribution in [3.05, 3.63) is 47.6 Å². The van der Waals surface area contributed by atoms with E-state index in [0.717, 1.165) is 11.1 Å². The van der Waals surface area contributed by atoms with Gasteiger partial charge in [-0.05, 0) is 17.9 Å². The van der Waals surface area contributed by atoms with E-state index in [-0.39, 0.29) is 0 Å². The van der Waals surface area contributed by atoms with Gasteiger partial charge in [0.15, 0.2) is 0 Å². The maximum atomic E-state index is 8.60. The molecule has 0 aromatic rings. The van der Waals surface area contributed by atoms with Crippen molar-refractivity contribution in [2.24, 2.45) is 4.99 Å². The van der Waals surface area contributed by atoms with Gasteiger partial charge in [-0.1, -0.05) is 18.2 Å². The van der Waals surface area contributed by atoms with Gasteiger partial charge in [0.1, 0.15) is 0 Å². The summed E-state index contributed by atoms with van der Waals surface area (Å²) in [6, 6.07) is 0. The van der Waals surface area contributed by atoms with Gasteiger partial charge in [-0.3, -0.25) is 15.7 Å². The van der Waals surface area contributed by atoms with Crippen LogP contribution in [0.2, 0.25) is 0 Å². The molecule has 0 unspecified atom stereocenters. The van der Waals surface area contributed by atoms with Crippen molar-refractivity contribution < 1.29 is 5.21 Å². The summed E-state index contributed by atoms with van der Waals surface area (Å²) in [4.78, 5) is 4.09. The van der Waals surface area contributed by atoms with Crippen LogP contribution < -0.4 is 5.48 Å². The zero-order valence-electron chi connectivity index (χ0n) is 8.72. The number of thiol groups is 1. The summed E-state index contributed by atoms with van der Waals surface area (Å²) >= 11 is 3.95. The highest BCUT2D eigenvalue weighted by molar-refractivity contribution is 7.83. The van der Waals surface area contributed by atoms with Crippen LogP contribution in [-0.4, -0.2) is 18.0 Å². The van der Waals surface area contributed by atoms with Crippen LogP contribution in [0.4, 0.5) is 0 Å². The van der Waals surface area contributed by atoms with Crippen molar-refractivity contribution >= 4 is 18.8 Å². The van der Waals surface area contributed by atoms with E-state index in [1.807, 2.05) is 18.5 Å². The molecule has 0 saturated carbocycles. The van der Waals surface area contributed by atoms with Crippen molar-refractivity contribution in [2.45, 2.75) is 6.92 Å². The molecule has 0 heterocycles. The van der Waals surface area contributed by atoms with Crippen LogP contribution in [0.5, 0.6) is 0 Å². The van der Waals surface area contributed by atoms with E-state index in [1.165, 1.54) is 6.20 Å². The van der Waals surface area contributed by atoms with E-state index >= 15 is 0 Å². The molecule has 0 fully saturated rings. The molecule has 82 valence electrons. The Hall–Kier alpha value is -1.26. The van der Waals surface area contributed by atoms with E-state index in [1.54, 1.807) is 23.8 Å². The number of hydrogen-bond acceptors (Lipinski definition) is 4. The molecular weight excluding hydrogens is 208 g/mol. The van der Waals surface area contributed by atoms with Crippen molar-refractivity contribution in [1.82, 2.24) is 5.48 Å². The molecule has 0 aromatic heterocycles. The highest BCUT2D eigenvalue weighted by atomic mass is 32.1. The quantitative estimate of drug-likeness (QED) is 0.213. The summed E-state index contributed by atoms with van der Waals surface area (Å²) in [5.41, 5.74) is 3.75. The molecule has 0 aromatic carbocycles. The van der Waals surface area contributed by atoms with Gasteiger partial charge in [-0.25, -0.2) is 0 Å². The standard InChI is InChI=1S/C11H16N2OS/c1-3-6-12-8-11(9-13-14)10(2)5-4-7-15/h3-5,7-9,13-15H,1,6H2,2H3/b7-4+,10-5+,11-9?,12-8?. The molecule has 0 saturated heterocycles. The molecule has 15 heavy (non-hydrogen) atoms. The zero-order valence-corrected chi connectivity index (χ0v) is 9.61. The third-order valence-electron chi connectivity index (χ3n) is 1.57. The molecule has 0 aliphatic rings. The third kappa shape index (κ3) is 6.76. The Morgan fingerprint density at radius 2 is 2.33 bits per heavy atom. The molecule has 4 heteroatoms. The predicted octanol–water partition coefficient (Wildman–Crippen LogP) is 2.50. The van der Waals surface area contributed by atoms with Crippen molar-refractivity contribution in [3.8, 4) is 0 Å². The number of rotatable bonds is 6. The first-order valence-corrected chi connectivity index (χ1v) is 4.96. The van der Waals surface area contributed by atoms with Gasteiger partial charge in [0, 0.05) is 18.0 Å². The Morgan fingerprint density at radius 3 is 2.87 bits per heavy atom. The number of hydroxylamine groups is 1. The van der Waals surface area contributed by atoms with Crippen LogP contribution >= 0.6 is 12.6 Å². The van der Waals surface area contributed by atoms with Crippen LogP contribution in [0.1, 0.15) is 6.92 Å². The predicted molar refractivity (Wildman–Crippen MR) is 68.4 cm³/mol. The van der Waals surface area contributed by atoms with E-state index in [4.69, 9.17) is 5.21 Å². The summed E-state index contributed by atoms with van der Waals surface area (Å²) < 4.78 is 0. The second-order valence-corrected chi connectivity index (χ2v) is 3.00. The average molecular weight is 224 g/mol. The Labute approximate surface area is 96.0 Å². The molecule has 2 N–H and O–H groups in total. The molecule has 0 atom stereocenters. The van der Waals surface area contributed by atoms with Gasteiger partial charge >= 0.3 is 0 Å². The van der Waals surface area contributed by atoms with Crippen LogP contribution in [0.25, 0.3) is 0 Å². The van der Waals surface area contributed by atoms with Gasteiger partial charge in [0.25, 0.3) is 0 Å². The van der Waals surface area contributed by atoms with Gasteiger partial charge in [-0.15, -0.1) is 6.58 Å². The second-order valence-electron chi connectivity index (χ2n) is 2.70. The van der Waals surface area contributed by atoms with E-state index in [0.29, 0.717) is 6.54 Å². The molecule has 0 rings (SSSR count). The Bertz CT molecular complexity index is 304. The van der Waals surface area contributed by atoms with E-state index < -0.39 is 0 Å². The Morgan fingerprint density at radius 1 is 1.60 bits per heavy atom. The molecule has 3 nitrogen and oxygen atoms in total. The molecule has 0 radical (unpaired) electrons. The summed E-state index contributed by atoms with van der Waals surface area (Å²) in [6.07, 6.45) is 8.50. The maximum absolute atomic E-state index is 8.60. The number of nitrogens with zero attached hydrogens (tertiary/aromatic N) is 1. The topological polar surface area (TPSA) is 44.6 Å². The lowest BCUT2D eigenvalue weighted by atomic mass is 10.1. The van der Waals surface area contributed by atoms with E-state index in [2.05, 4.69) is 24.2 Å². The minimum Gasteiger partial charge on any atom is -0.292 e. The fraction of sp³-hybridized carbons (Fsp3) is 0.182. The summed E-state index contributed by atoms with van der Waals surface area (Å²) in [6.45, 7) is 6.03. The smallest absolute Gasteiger partial charge is 0.0567 e. The van der Waals surface area contributed by atoms with Crippen LogP contribution in [0.3, 0.4) is 0 Å². The maximum Gasteiger partial charge on any atom is 0.0567 e. The summed E-state index contributed by atoms with van der Waals surface area (Å²) in [5, 5.41) is 10.2. The van der Waals surface area contributed by atoms with Crippen LogP contribution in [0.15, 0.2) is 52.6 Å². The number of hydrogen-bond donors (Lipinski definition) is 3. The summed E-state index contributed by atoms with van der Waals surface area (Å²) in [7, 11) is 0. The lowest BCUT2D eigenvalue weighted by Crippen LogP contribution is -2.00. The summed E-state index contributed by atoms with van der Waals surface area (Å²) in [5.74, 6) is 0. The first kappa shape index (κ1) is 13.7. The largest absolute Gasteiger partial charge is 0.292 e. The van der Waals surface area contributed by atoms with Crippen molar-refractivity contribution in [1.29, 1.82) is 0 Å². The normalized spacial score (nSPS) is 13.8. The third-order valence-corrected chi connectivity index (χ3v) is 1.74. The van der Waals surface area contributed by atoms with Gasteiger partial charge < -0.3 is 0 Å². The molecule has 0 aliphatic heterocycles. The number of aliphatic imine (C=N–C) groups is 1. The fourth-order valence-corrected chi connectivity index (χ4v) is 0.918. The molecule has 0 aliphatic carbocycles. The number of allylic oxidation sites excluding steroid dienone is 4. The minimum absolute atomic E-state index is 0.554. The highest BCUT2D eigenvalue weighted by Gasteiger charge is 1.94. The minimum atomic E-state index is 0.554. The Balaban J connectivity index is 4.66. The SMILES string of the molecule is C=CCN=CC(=CNO)/C(C)=C/C=C/S. The van der Waals surface area contributed by atoms with Crippen molar-refractivity contribution in [2.75, 3.05) is 6.54 Å². The first-order chi connectivity index (χ1) is 7.26. The van der Waals surface area contributed by atoms with Gasteiger partial charge in [0.2, 0.25) is 0 Å².